The predicted octanol–water partition coefficient (Wildman–Crippen LogP) is 2.12. The van der Waals surface area contributed by atoms with E-state index in [1.165, 1.54) is 0 Å². The summed E-state index contributed by atoms with van der Waals surface area (Å²) in [5.41, 5.74) is 1.02. The maximum atomic E-state index is 10.6. The van der Waals surface area contributed by atoms with E-state index in [2.05, 4.69) is 17.1 Å². The van der Waals surface area contributed by atoms with E-state index >= 15 is 0 Å². The van der Waals surface area contributed by atoms with Crippen molar-refractivity contribution in [3.8, 4) is 0 Å². The molecule has 0 radical (unpaired) electrons. The van der Waals surface area contributed by atoms with E-state index in [4.69, 9.17) is 4.74 Å². The molecule has 0 spiro atoms. The molecule has 1 aromatic carbocycles. The lowest BCUT2D eigenvalue weighted by Gasteiger charge is -2.30. The van der Waals surface area contributed by atoms with E-state index in [0.29, 0.717) is 6.47 Å². The van der Waals surface area contributed by atoms with Gasteiger partial charge in [-0.05, 0) is 6.42 Å². The minimum atomic E-state index is -0.261. The van der Waals surface area contributed by atoms with Crippen molar-refractivity contribution in [3.63, 3.8) is 0 Å². The molecule has 2 rings (SSSR count). The van der Waals surface area contributed by atoms with Gasteiger partial charge in [0.05, 0.1) is 0 Å². The Labute approximate surface area is 95.3 Å². The zero-order valence-corrected chi connectivity index (χ0v) is 9.08. The van der Waals surface area contributed by atoms with Gasteiger partial charge in [0, 0.05) is 18.7 Å². The number of hydrogen-bond acceptors (Lipinski definition) is 3. The second-order valence-electron chi connectivity index (χ2n) is 3.75. The maximum Gasteiger partial charge on any atom is 0.294 e. The Balaban J connectivity index is 2.16. The van der Waals surface area contributed by atoms with Gasteiger partial charge in [-0.3, -0.25) is 9.69 Å². The number of benzene rings is 1. The van der Waals surface area contributed by atoms with Gasteiger partial charge in [0.15, 0.2) is 6.23 Å². The summed E-state index contributed by atoms with van der Waals surface area (Å²) >= 11 is 0. The third-order valence-electron chi connectivity index (χ3n) is 2.69. The van der Waals surface area contributed by atoms with E-state index in [1.54, 1.807) is 0 Å². The van der Waals surface area contributed by atoms with Crippen molar-refractivity contribution in [1.82, 2.24) is 4.90 Å². The van der Waals surface area contributed by atoms with Crippen LogP contribution in [0.15, 0.2) is 42.5 Å². The van der Waals surface area contributed by atoms with Gasteiger partial charge in [0.25, 0.3) is 6.47 Å². The molecule has 0 bridgehead atoms. The Morgan fingerprint density at radius 1 is 1.25 bits per heavy atom. The van der Waals surface area contributed by atoms with Crippen LogP contribution in [0.2, 0.25) is 0 Å². The number of nitrogens with zero attached hydrogens (tertiary/aromatic N) is 1. The zero-order valence-electron chi connectivity index (χ0n) is 9.08. The highest BCUT2D eigenvalue weighted by atomic mass is 16.5. The lowest BCUT2D eigenvalue weighted by molar-refractivity contribution is -0.144. The number of hydrogen-bond donors (Lipinski definition) is 0. The average molecular weight is 217 g/mol. The molecule has 0 saturated heterocycles. The van der Waals surface area contributed by atoms with E-state index in [9.17, 15) is 4.79 Å². The Morgan fingerprint density at radius 2 is 2.06 bits per heavy atom. The van der Waals surface area contributed by atoms with Crippen LogP contribution in [0.5, 0.6) is 0 Å². The number of carbonyl (C=O) groups is 1. The van der Waals surface area contributed by atoms with E-state index in [-0.39, 0.29) is 6.23 Å². The lowest BCUT2D eigenvalue weighted by Crippen LogP contribution is -2.33. The number of rotatable bonds is 4. The fourth-order valence-corrected chi connectivity index (χ4v) is 1.92. The zero-order chi connectivity index (χ0) is 11.2. The van der Waals surface area contributed by atoms with Crippen LogP contribution >= 0.6 is 0 Å². The van der Waals surface area contributed by atoms with Crippen LogP contribution in [0.3, 0.4) is 0 Å². The molecule has 1 aliphatic heterocycles. The Hall–Kier alpha value is -1.61. The highest BCUT2D eigenvalue weighted by Crippen LogP contribution is 2.22. The summed E-state index contributed by atoms with van der Waals surface area (Å²) in [6.07, 6.45) is 5.00. The van der Waals surface area contributed by atoms with Gasteiger partial charge in [-0.25, -0.2) is 0 Å². The molecule has 0 fully saturated rings. The first-order valence-corrected chi connectivity index (χ1v) is 5.45. The molecule has 0 N–H and O–H groups in total. The molecular weight excluding hydrogens is 202 g/mol. The molecule has 3 heteroatoms. The second-order valence-corrected chi connectivity index (χ2v) is 3.75. The smallest absolute Gasteiger partial charge is 0.294 e. The van der Waals surface area contributed by atoms with Crippen molar-refractivity contribution in [2.45, 2.75) is 12.6 Å². The molecule has 1 aromatic rings. The highest BCUT2D eigenvalue weighted by molar-refractivity contribution is 5.38. The molecular formula is C13H15NO2. The van der Waals surface area contributed by atoms with Crippen molar-refractivity contribution >= 4 is 6.47 Å². The quantitative estimate of drug-likeness (QED) is 0.571. The first-order chi connectivity index (χ1) is 7.92. The Bertz CT molecular complexity index is 361. The summed E-state index contributed by atoms with van der Waals surface area (Å²) in [5, 5.41) is 0. The first kappa shape index (κ1) is 10.9. The second kappa shape index (κ2) is 5.47. The Kier molecular flexibility index (Phi) is 3.72. The molecule has 0 aromatic heterocycles. The van der Waals surface area contributed by atoms with E-state index in [1.807, 2.05) is 30.3 Å². The normalized spacial score (nSPS) is 18.0. The topological polar surface area (TPSA) is 29.5 Å². The van der Waals surface area contributed by atoms with Gasteiger partial charge >= 0.3 is 0 Å². The standard InChI is InChI=1S/C13H15NO2/c15-11-16-13(12-7-3-1-4-8-12)14-9-5-2-6-10-14/h1-5,7-8,11,13H,6,9-10H2. The largest absolute Gasteiger partial charge is 0.444 e. The predicted molar refractivity (Wildman–Crippen MR) is 61.7 cm³/mol. The minimum Gasteiger partial charge on any atom is -0.444 e. The fourth-order valence-electron chi connectivity index (χ4n) is 1.92. The van der Waals surface area contributed by atoms with Crippen LogP contribution in [-0.2, 0) is 9.53 Å². The molecule has 0 saturated carbocycles. The van der Waals surface area contributed by atoms with Gasteiger partial charge < -0.3 is 4.74 Å². The summed E-state index contributed by atoms with van der Waals surface area (Å²) in [6, 6.07) is 9.82. The monoisotopic (exact) mass is 217 g/mol. The van der Waals surface area contributed by atoms with Gasteiger partial charge in [0.2, 0.25) is 0 Å². The van der Waals surface area contributed by atoms with Crippen LogP contribution in [0.25, 0.3) is 0 Å². The van der Waals surface area contributed by atoms with E-state index < -0.39 is 0 Å². The molecule has 16 heavy (non-hydrogen) atoms. The average Bonchev–Trinajstić information content (AvgIpc) is 2.38. The molecule has 3 nitrogen and oxygen atoms in total. The van der Waals surface area contributed by atoms with Crippen LogP contribution < -0.4 is 0 Å². The molecule has 1 atom stereocenters. The minimum absolute atomic E-state index is 0.261. The highest BCUT2D eigenvalue weighted by Gasteiger charge is 2.21. The third-order valence-corrected chi connectivity index (χ3v) is 2.69. The molecule has 84 valence electrons. The van der Waals surface area contributed by atoms with Gasteiger partial charge in [0.1, 0.15) is 0 Å². The maximum absolute atomic E-state index is 10.6. The summed E-state index contributed by atoms with van der Waals surface area (Å²) in [4.78, 5) is 12.7. The summed E-state index contributed by atoms with van der Waals surface area (Å²) < 4.78 is 5.18. The van der Waals surface area contributed by atoms with E-state index in [0.717, 1.165) is 25.1 Å². The molecule has 1 aliphatic rings. The summed E-state index contributed by atoms with van der Waals surface area (Å²) in [6.45, 7) is 2.27. The molecule has 0 amide bonds. The van der Waals surface area contributed by atoms with Crippen LogP contribution in [0.4, 0.5) is 0 Å². The Morgan fingerprint density at radius 3 is 2.69 bits per heavy atom. The molecule has 1 heterocycles. The third kappa shape index (κ3) is 2.49. The van der Waals surface area contributed by atoms with Crippen LogP contribution in [0.1, 0.15) is 18.2 Å². The van der Waals surface area contributed by atoms with Crippen molar-refractivity contribution < 1.29 is 9.53 Å². The summed E-state index contributed by atoms with van der Waals surface area (Å²) in [5.74, 6) is 0. The first-order valence-electron chi connectivity index (χ1n) is 5.45. The van der Waals surface area contributed by atoms with Crippen LogP contribution in [0, 0.1) is 0 Å². The van der Waals surface area contributed by atoms with Crippen molar-refractivity contribution in [1.29, 1.82) is 0 Å². The summed E-state index contributed by atoms with van der Waals surface area (Å²) in [7, 11) is 0. The van der Waals surface area contributed by atoms with Crippen molar-refractivity contribution in [3.05, 3.63) is 48.0 Å². The lowest BCUT2D eigenvalue weighted by atomic mass is 10.1. The van der Waals surface area contributed by atoms with Crippen molar-refractivity contribution in [2.75, 3.05) is 13.1 Å². The van der Waals surface area contributed by atoms with Crippen LogP contribution in [-0.4, -0.2) is 24.5 Å². The van der Waals surface area contributed by atoms with Gasteiger partial charge in [-0.2, -0.15) is 0 Å². The van der Waals surface area contributed by atoms with Crippen molar-refractivity contribution in [2.24, 2.45) is 0 Å². The number of ether oxygens (including phenoxy) is 1. The molecule has 1 unspecified atom stereocenters. The van der Waals surface area contributed by atoms with Gasteiger partial charge in [-0.15, -0.1) is 0 Å². The number of carbonyl (C=O) groups excluding carboxylic acids is 1. The van der Waals surface area contributed by atoms with Gasteiger partial charge in [-0.1, -0.05) is 42.5 Å². The fraction of sp³-hybridized carbons (Fsp3) is 0.308. The molecule has 0 aliphatic carbocycles. The SMILES string of the molecule is O=COC(c1ccccc1)N1CC=CCC1.